The molecule has 5 nitrogen and oxygen atoms in total. The summed E-state index contributed by atoms with van der Waals surface area (Å²) < 4.78 is 0. The fourth-order valence-electron chi connectivity index (χ4n) is 2.99. The molecule has 1 aromatic rings. The van der Waals surface area contributed by atoms with Gasteiger partial charge in [0, 0.05) is 25.2 Å². The number of rotatable bonds is 1. The van der Waals surface area contributed by atoms with Crippen molar-refractivity contribution in [1.82, 2.24) is 15.3 Å². The first-order valence-electron chi connectivity index (χ1n) is 6.01. The van der Waals surface area contributed by atoms with Crippen molar-refractivity contribution in [2.24, 2.45) is 5.92 Å². The van der Waals surface area contributed by atoms with E-state index < -0.39 is 0 Å². The molecule has 1 aromatic heterocycles. The van der Waals surface area contributed by atoms with Crippen LogP contribution in [0.4, 0.5) is 5.82 Å². The van der Waals surface area contributed by atoms with Crippen LogP contribution in [0.5, 0.6) is 0 Å². The minimum absolute atomic E-state index is 0.379. The van der Waals surface area contributed by atoms with Gasteiger partial charge in [-0.3, -0.25) is 0 Å². The van der Waals surface area contributed by atoms with Crippen LogP contribution >= 0.6 is 0 Å². The summed E-state index contributed by atoms with van der Waals surface area (Å²) in [5, 5.41) is 12.2. The fourth-order valence-corrected chi connectivity index (χ4v) is 2.99. The molecule has 0 aliphatic carbocycles. The van der Waals surface area contributed by atoms with Gasteiger partial charge in [-0.1, -0.05) is 6.92 Å². The molecular formula is C12H15N5. The second kappa shape index (κ2) is 3.97. The van der Waals surface area contributed by atoms with Crippen molar-refractivity contribution in [3.63, 3.8) is 0 Å². The molecule has 0 spiro atoms. The van der Waals surface area contributed by atoms with Crippen LogP contribution in [-0.2, 0) is 0 Å². The molecule has 2 aliphatic rings. The molecule has 2 saturated heterocycles. The van der Waals surface area contributed by atoms with Crippen LogP contribution < -0.4 is 10.2 Å². The molecular weight excluding hydrogens is 214 g/mol. The third kappa shape index (κ3) is 1.65. The number of nitrogens with one attached hydrogen (secondary N) is 1. The van der Waals surface area contributed by atoms with E-state index in [2.05, 4.69) is 27.1 Å². The number of piperazine rings is 1. The molecule has 0 saturated carbocycles. The molecule has 88 valence electrons. The SMILES string of the molecule is C[C@H]1CC2CNCC1N2c1cnc(C#N)cn1. The van der Waals surface area contributed by atoms with Gasteiger partial charge in [-0.2, -0.15) is 5.26 Å². The highest BCUT2D eigenvalue weighted by Gasteiger charge is 2.42. The summed E-state index contributed by atoms with van der Waals surface area (Å²) in [6.45, 7) is 4.32. The van der Waals surface area contributed by atoms with E-state index >= 15 is 0 Å². The Morgan fingerprint density at radius 3 is 2.94 bits per heavy atom. The van der Waals surface area contributed by atoms with Crippen molar-refractivity contribution in [3.8, 4) is 6.07 Å². The summed E-state index contributed by atoms with van der Waals surface area (Å²) in [4.78, 5) is 10.8. The maximum Gasteiger partial charge on any atom is 0.158 e. The Labute approximate surface area is 100 Å². The predicted octanol–water partition coefficient (Wildman–Crippen LogP) is 0.535. The third-order valence-electron chi connectivity index (χ3n) is 3.80. The lowest BCUT2D eigenvalue weighted by molar-refractivity contribution is 0.453. The van der Waals surface area contributed by atoms with E-state index in [0.29, 0.717) is 23.7 Å². The van der Waals surface area contributed by atoms with E-state index in [-0.39, 0.29) is 0 Å². The lowest BCUT2D eigenvalue weighted by Gasteiger charge is -2.36. The maximum absolute atomic E-state index is 8.72. The second-order valence-electron chi connectivity index (χ2n) is 4.87. The quantitative estimate of drug-likeness (QED) is 0.761. The predicted molar refractivity (Wildman–Crippen MR) is 63.5 cm³/mol. The third-order valence-corrected chi connectivity index (χ3v) is 3.80. The Morgan fingerprint density at radius 2 is 2.29 bits per heavy atom. The second-order valence-corrected chi connectivity index (χ2v) is 4.87. The van der Waals surface area contributed by atoms with E-state index in [1.54, 1.807) is 12.4 Å². The van der Waals surface area contributed by atoms with E-state index in [4.69, 9.17) is 5.26 Å². The monoisotopic (exact) mass is 229 g/mol. The van der Waals surface area contributed by atoms with Gasteiger partial charge in [-0.15, -0.1) is 0 Å². The van der Waals surface area contributed by atoms with Crippen LogP contribution in [0, 0.1) is 17.2 Å². The van der Waals surface area contributed by atoms with Gasteiger partial charge in [0.1, 0.15) is 11.9 Å². The molecule has 2 aliphatic heterocycles. The minimum atomic E-state index is 0.379. The Morgan fingerprint density at radius 1 is 1.41 bits per heavy atom. The van der Waals surface area contributed by atoms with Crippen molar-refractivity contribution < 1.29 is 0 Å². The zero-order valence-corrected chi connectivity index (χ0v) is 9.80. The van der Waals surface area contributed by atoms with Crippen molar-refractivity contribution in [2.45, 2.75) is 25.4 Å². The number of nitriles is 1. The van der Waals surface area contributed by atoms with E-state index in [1.165, 1.54) is 6.42 Å². The van der Waals surface area contributed by atoms with Crippen LogP contribution in [0.25, 0.3) is 0 Å². The van der Waals surface area contributed by atoms with Gasteiger partial charge in [-0.05, 0) is 12.3 Å². The summed E-state index contributed by atoms with van der Waals surface area (Å²) in [6.07, 6.45) is 4.49. The number of nitrogens with zero attached hydrogens (tertiary/aromatic N) is 4. The minimum Gasteiger partial charge on any atom is -0.347 e. The molecule has 17 heavy (non-hydrogen) atoms. The zero-order valence-electron chi connectivity index (χ0n) is 9.80. The Bertz CT molecular complexity index is 449. The first-order valence-corrected chi connectivity index (χ1v) is 6.01. The molecule has 2 unspecified atom stereocenters. The molecule has 3 heterocycles. The normalized spacial score (nSPS) is 31.3. The summed E-state index contributed by atoms with van der Waals surface area (Å²) in [5.41, 5.74) is 0.379. The van der Waals surface area contributed by atoms with Gasteiger partial charge >= 0.3 is 0 Å². The van der Waals surface area contributed by atoms with Gasteiger partial charge in [-0.25, -0.2) is 9.97 Å². The Balaban J connectivity index is 1.91. The summed E-state index contributed by atoms with van der Waals surface area (Å²) in [5.74, 6) is 1.59. The van der Waals surface area contributed by atoms with Crippen molar-refractivity contribution >= 4 is 5.82 Å². The number of anilines is 1. The molecule has 0 radical (unpaired) electrons. The fraction of sp³-hybridized carbons (Fsp3) is 0.583. The van der Waals surface area contributed by atoms with Gasteiger partial charge < -0.3 is 10.2 Å². The lowest BCUT2D eigenvalue weighted by Crippen LogP contribution is -2.53. The van der Waals surface area contributed by atoms with Crippen LogP contribution in [0.2, 0.25) is 0 Å². The van der Waals surface area contributed by atoms with Crippen LogP contribution in [0.15, 0.2) is 12.4 Å². The first kappa shape index (κ1) is 10.5. The molecule has 2 fully saturated rings. The lowest BCUT2D eigenvalue weighted by atomic mass is 10.0. The van der Waals surface area contributed by atoms with Gasteiger partial charge in [0.25, 0.3) is 0 Å². The zero-order chi connectivity index (χ0) is 11.8. The maximum atomic E-state index is 8.72. The average Bonchev–Trinajstić information content (AvgIpc) is 2.55. The number of hydrogen-bond acceptors (Lipinski definition) is 5. The first-order chi connectivity index (χ1) is 8.29. The smallest absolute Gasteiger partial charge is 0.158 e. The van der Waals surface area contributed by atoms with E-state index in [0.717, 1.165) is 18.9 Å². The molecule has 0 aromatic carbocycles. The van der Waals surface area contributed by atoms with Gasteiger partial charge in [0.15, 0.2) is 5.69 Å². The molecule has 3 atom stereocenters. The van der Waals surface area contributed by atoms with Gasteiger partial charge in [0.05, 0.1) is 12.4 Å². The molecule has 0 amide bonds. The Hall–Kier alpha value is -1.67. The summed E-state index contributed by atoms with van der Waals surface area (Å²) in [7, 11) is 0. The van der Waals surface area contributed by atoms with E-state index in [1.807, 2.05) is 6.07 Å². The highest BCUT2D eigenvalue weighted by Crippen LogP contribution is 2.34. The standard InChI is InChI=1S/C12H15N5/c1-8-2-10-5-14-6-11(8)17(10)12-7-15-9(3-13)4-16-12/h4,7-8,10-11,14H,2,5-6H2,1H3/t8-,10?,11?/m0/s1. The summed E-state index contributed by atoms with van der Waals surface area (Å²) >= 11 is 0. The van der Waals surface area contributed by atoms with Crippen LogP contribution in [-0.4, -0.2) is 35.1 Å². The topological polar surface area (TPSA) is 64.8 Å². The molecule has 3 rings (SSSR count). The van der Waals surface area contributed by atoms with Crippen molar-refractivity contribution in [1.29, 1.82) is 5.26 Å². The molecule has 5 heteroatoms. The number of fused-ring (bicyclic) bond motifs is 2. The number of aromatic nitrogens is 2. The summed E-state index contributed by atoms with van der Waals surface area (Å²) in [6, 6.07) is 3.03. The Kier molecular flexibility index (Phi) is 2.45. The molecule has 2 bridgehead atoms. The average molecular weight is 229 g/mol. The number of hydrogen-bond donors (Lipinski definition) is 1. The van der Waals surface area contributed by atoms with Crippen molar-refractivity contribution in [3.05, 3.63) is 18.1 Å². The van der Waals surface area contributed by atoms with Crippen molar-refractivity contribution in [2.75, 3.05) is 18.0 Å². The highest BCUT2D eigenvalue weighted by atomic mass is 15.3. The van der Waals surface area contributed by atoms with Crippen LogP contribution in [0.3, 0.4) is 0 Å². The van der Waals surface area contributed by atoms with E-state index in [9.17, 15) is 0 Å². The highest BCUT2D eigenvalue weighted by molar-refractivity contribution is 5.43. The largest absolute Gasteiger partial charge is 0.347 e. The van der Waals surface area contributed by atoms with Gasteiger partial charge in [0.2, 0.25) is 0 Å². The molecule has 1 N–H and O–H groups in total. The van der Waals surface area contributed by atoms with Crippen LogP contribution in [0.1, 0.15) is 19.0 Å².